The summed E-state index contributed by atoms with van der Waals surface area (Å²) in [5, 5.41) is 7.25. The highest BCUT2D eigenvalue weighted by molar-refractivity contribution is 6.38. The fourth-order valence-corrected chi connectivity index (χ4v) is 4.54. The minimum absolute atomic E-state index is 0.171. The molecule has 2 heterocycles. The van der Waals surface area contributed by atoms with E-state index in [4.69, 9.17) is 4.74 Å². The van der Waals surface area contributed by atoms with Gasteiger partial charge in [0.2, 0.25) is 5.91 Å². The maximum Gasteiger partial charge on any atom is 0.354 e. The maximum atomic E-state index is 13.8. The quantitative estimate of drug-likeness (QED) is 0.503. The van der Waals surface area contributed by atoms with Crippen molar-refractivity contribution in [2.45, 2.75) is 51.7 Å². The molecular weight excluding hydrogens is 432 g/mol. The Balaban J connectivity index is 1.63. The van der Waals surface area contributed by atoms with Gasteiger partial charge < -0.3 is 4.74 Å². The molecule has 8 heteroatoms. The predicted octanol–water partition coefficient (Wildman–Crippen LogP) is 2.69. The van der Waals surface area contributed by atoms with Crippen molar-refractivity contribution in [1.29, 1.82) is 0 Å². The molecule has 8 nitrogen and oxygen atoms in total. The van der Waals surface area contributed by atoms with Crippen LogP contribution in [0.15, 0.2) is 65.8 Å². The molecule has 34 heavy (non-hydrogen) atoms. The van der Waals surface area contributed by atoms with Gasteiger partial charge in [0.25, 0.3) is 5.91 Å². The first-order valence-electron chi connectivity index (χ1n) is 11.5. The highest BCUT2D eigenvalue weighted by atomic mass is 16.5. The summed E-state index contributed by atoms with van der Waals surface area (Å²) in [6.07, 6.45) is 0.624. The SMILES string of the molecule is CCOC(=O)C1=NN[C@@H](C(=O)N2C(=O)CC(C)(C)N2Cc2ccccc2)[C@@H]1Cc1ccccc1. The van der Waals surface area contributed by atoms with Crippen LogP contribution >= 0.6 is 0 Å². The smallest absolute Gasteiger partial charge is 0.354 e. The number of ether oxygens (including phenoxy) is 1. The number of carbonyl (C=O) groups is 3. The predicted molar refractivity (Wildman–Crippen MR) is 127 cm³/mol. The fourth-order valence-electron chi connectivity index (χ4n) is 4.54. The molecule has 0 aromatic heterocycles. The second-order valence-corrected chi connectivity index (χ2v) is 9.20. The Hall–Kier alpha value is -3.52. The molecule has 4 rings (SSSR count). The van der Waals surface area contributed by atoms with E-state index >= 15 is 0 Å². The van der Waals surface area contributed by atoms with E-state index in [9.17, 15) is 14.4 Å². The third kappa shape index (κ3) is 4.72. The Labute approximate surface area is 199 Å². The topological polar surface area (TPSA) is 91.3 Å². The van der Waals surface area contributed by atoms with Crippen molar-refractivity contribution in [1.82, 2.24) is 15.4 Å². The monoisotopic (exact) mass is 462 g/mol. The lowest BCUT2D eigenvalue weighted by Gasteiger charge is -2.36. The van der Waals surface area contributed by atoms with Crippen LogP contribution in [0, 0.1) is 5.92 Å². The maximum absolute atomic E-state index is 13.8. The van der Waals surface area contributed by atoms with E-state index in [0.717, 1.165) is 11.1 Å². The van der Waals surface area contributed by atoms with Crippen LogP contribution in [0.4, 0.5) is 0 Å². The average Bonchev–Trinajstić information content (AvgIpc) is 3.32. The highest BCUT2D eigenvalue weighted by Gasteiger charge is 2.51. The number of hydrogen-bond acceptors (Lipinski definition) is 7. The van der Waals surface area contributed by atoms with E-state index in [-0.39, 0.29) is 24.6 Å². The zero-order valence-corrected chi connectivity index (χ0v) is 19.7. The minimum Gasteiger partial charge on any atom is -0.461 e. The molecule has 1 N–H and O–H groups in total. The summed E-state index contributed by atoms with van der Waals surface area (Å²) >= 11 is 0. The number of hydrazone groups is 1. The highest BCUT2D eigenvalue weighted by Crippen LogP contribution is 2.34. The lowest BCUT2D eigenvalue weighted by molar-refractivity contribution is -0.163. The molecule has 0 unspecified atom stereocenters. The van der Waals surface area contributed by atoms with E-state index in [1.165, 1.54) is 5.01 Å². The summed E-state index contributed by atoms with van der Waals surface area (Å²) in [6, 6.07) is 18.5. The average molecular weight is 463 g/mol. The number of rotatable bonds is 7. The summed E-state index contributed by atoms with van der Waals surface area (Å²) < 4.78 is 5.19. The Bertz CT molecular complexity index is 1080. The first-order chi connectivity index (χ1) is 16.3. The van der Waals surface area contributed by atoms with E-state index < -0.39 is 29.4 Å². The standard InChI is InChI=1S/C26H30N4O4/c1-4-34-25(33)23-20(15-18-11-7-5-8-12-18)22(27-28-23)24(32)30-21(31)16-26(2,3)29(30)17-19-13-9-6-10-14-19/h5-14,20,22,27H,4,15-17H2,1-3H3/t20-,22+/m0/s1. The molecule has 2 amide bonds. The van der Waals surface area contributed by atoms with Gasteiger partial charge in [0.05, 0.1) is 6.61 Å². The normalized spacial score (nSPS) is 21.8. The van der Waals surface area contributed by atoms with Gasteiger partial charge in [0.15, 0.2) is 5.71 Å². The van der Waals surface area contributed by atoms with Gasteiger partial charge in [0.1, 0.15) is 6.04 Å². The van der Waals surface area contributed by atoms with Gasteiger partial charge >= 0.3 is 5.97 Å². The van der Waals surface area contributed by atoms with Crippen LogP contribution in [-0.2, 0) is 32.1 Å². The van der Waals surface area contributed by atoms with Gasteiger partial charge in [-0.3, -0.25) is 15.0 Å². The molecule has 0 aliphatic carbocycles. The molecule has 178 valence electrons. The molecule has 0 radical (unpaired) electrons. The Kier molecular flexibility index (Phi) is 6.79. The van der Waals surface area contributed by atoms with Gasteiger partial charge in [-0.1, -0.05) is 60.7 Å². The molecule has 2 aliphatic rings. The number of carbonyl (C=O) groups excluding carboxylic acids is 3. The molecule has 0 saturated carbocycles. The second kappa shape index (κ2) is 9.77. The van der Waals surface area contributed by atoms with Gasteiger partial charge in [-0.2, -0.15) is 5.10 Å². The van der Waals surface area contributed by atoms with E-state index in [1.807, 2.05) is 79.5 Å². The molecule has 2 aromatic rings. The van der Waals surface area contributed by atoms with Crippen molar-refractivity contribution in [3.8, 4) is 0 Å². The third-order valence-corrected chi connectivity index (χ3v) is 6.27. The molecule has 2 aromatic carbocycles. The van der Waals surface area contributed by atoms with E-state index in [0.29, 0.717) is 13.0 Å². The molecule has 1 fully saturated rings. The van der Waals surface area contributed by atoms with Crippen LogP contribution in [0.2, 0.25) is 0 Å². The molecule has 0 spiro atoms. The molecule has 0 bridgehead atoms. The van der Waals surface area contributed by atoms with Crippen molar-refractivity contribution in [2.24, 2.45) is 11.0 Å². The Morgan fingerprint density at radius 3 is 2.29 bits per heavy atom. The molecule has 2 atom stereocenters. The number of benzene rings is 2. The van der Waals surface area contributed by atoms with Crippen LogP contribution in [-0.4, -0.2) is 51.7 Å². The van der Waals surface area contributed by atoms with Crippen molar-refractivity contribution in [2.75, 3.05) is 6.61 Å². The lowest BCUT2D eigenvalue weighted by Crippen LogP contribution is -2.56. The van der Waals surface area contributed by atoms with E-state index in [1.54, 1.807) is 6.92 Å². The number of nitrogens with one attached hydrogen (secondary N) is 1. The summed E-state index contributed by atoms with van der Waals surface area (Å²) in [4.78, 5) is 39.5. The summed E-state index contributed by atoms with van der Waals surface area (Å²) in [5.74, 6) is -1.81. The first-order valence-corrected chi connectivity index (χ1v) is 11.5. The lowest BCUT2D eigenvalue weighted by atomic mass is 9.88. The largest absolute Gasteiger partial charge is 0.461 e. The number of esters is 1. The van der Waals surface area contributed by atoms with Crippen LogP contribution in [0.1, 0.15) is 38.3 Å². The van der Waals surface area contributed by atoms with Crippen LogP contribution in [0.5, 0.6) is 0 Å². The number of imide groups is 1. The van der Waals surface area contributed by atoms with E-state index in [2.05, 4.69) is 10.5 Å². The number of nitrogens with zero attached hydrogens (tertiary/aromatic N) is 3. The van der Waals surface area contributed by atoms with Gasteiger partial charge in [-0.25, -0.2) is 14.8 Å². The second-order valence-electron chi connectivity index (χ2n) is 9.20. The fraction of sp³-hybridized carbons (Fsp3) is 0.385. The number of hydrazine groups is 1. The molecule has 1 saturated heterocycles. The van der Waals surface area contributed by atoms with Crippen molar-refractivity contribution in [3.63, 3.8) is 0 Å². The van der Waals surface area contributed by atoms with Crippen LogP contribution in [0.3, 0.4) is 0 Å². The van der Waals surface area contributed by atoms with Gasteiger partial charge in [-0.15, -0.1) is 0 Å². The third-order valence-electron chi connectivity index (χ3n) is 6.27. The summed E-state index contributed by atoms with van der Waals surface area (Å²) in [7, 11) is 0. The van der Waals surface area contributed by atoms with Crippen molar-refractivity contribution >= 4 is 23.5 Å². The minimum atomic E-state index is -0.865. The zero-order valence-electron chi connectivity index (χ0n) is 19.7. The zero-order chi connectivity index (χ0) is 24.3. The van der Waals surface area contributed by atoms with Gasteiger partial charge in [0, 0.05) is 24.4 Å². The Morgan fingerprint density at radius 1 is 1.06 bits per heavy atom. The van der Waals surface area contributed by atoms with Crippen LogP contribution < -0.4 is 5.43 Å². The summed E-state index contributed by atoms with van der Waals surface area (Å²) in [5.41, 5.74) is 4.42. The summed E-state index contributed by atoms with van der Waals surface area (Å²) in [6.45, 7) is 6.24. The van der Waals surface area contributed by atoms with Crippen molar-refractivity contribution < 1.29 is 19.1 Å². The van der Waals surface area contributed by atoms with Gasteiger partial charge in [-0.05, 0) is 38.3 Å². The number of amides is 2. The molecular formula is C26H30N4O4. The van der Waals surface area contributed by atoms with Crippen molar-refractivity contribution in [3.05, 3.63) is 71.8 Å². The van der Waals surface area contributed by atoms with Crippen LogP contribution in [0.25, 0.3) is 0 Å². The molecule has 2 aliphatic heterocycles. The Morgan fingerprint density at radius 2 is 1.68 bits per heavy atom. The number of hydrogen-bond donors (Lipinski definition) is 1. The first kappa shape index (κ1) is 23.6.